The van der Waals surface area contributed by atoms with Gasteiger partial charge in [0, 0.05) is 18.6 Å². The van der Waals surface area contributed by atoms with E-state index >= 15 is 0 Å². The molecule has 3 unspecified atom stereocenters. The molecular formula is C16H31N3. The van der Waals surface area contributed by atoms with Crippen LogP contribution in [0.15, 0.2) is 0 Å². The van der Waals surface area contributed by atoms with Gasteiger partial charge < -0.3 is 4.90 Å². The first-order valence-corrected chi connectivity index (χ1v) is 7.83. The van der Waals surface area contributed by atoms with Gasteiger partial charge in [-0.25, -0.2) is 0 Å². The van der Waals surface area contributed by atoms with Crippen LogP contribution in [-0.2, 0) is 0 Å². The number of nitrogens with zero attached hydrogens (tertiary/aromatic N) is 2. The lowest BCUT2D eigenvalue weighted by Crippen LogP contribution is -2.49. The van der Waals surface area contributed by atoms with E-state index in [4.69, 9.17) is 0 Å². The van der Waals surface area contributed by atoms with Gasteiger partial charge in [0.05, 0.1) is 6.07 Å². The number of likely N-dealkylation sites (tertiary alicyclic amines) is 1. The summed E-state index contributed by atoms with van der Waals surface area (Å²) in [6, 6.07) is 3.30. The van der Waals surface area contributed by atoms with Gasteiger partial charge in [0.15, 0.2) is 0 Å². The normalized spacial score (nSPS) is 25.2. The van der Waals surface area contributed by atoms with Crippen molar-refractivity contribution in [1.82, 2.24) is 10.2 Å². The summed E-state index contributed by atoms with van der Waals surface area (Å²) in [5, 5.41) is 12.8. The molecule has 19 heavy (non-hydrogen) atoms. The Morgan fingerprint density at radius 3 is 2.63 bits per heavy atom. The van der Waals surface area contributed by atoms with Gasteiger partial charge in [-0.3, -0.25) is 5.32 Å². The fraction of sp³-hybridized carbons (Fsp3) is 0.938. The van der Waals surface area contributed by atoms with Gasteiger partial charge in [-0.2, -0.15) is 5.26 Å². The summed E-state index contributed by atoms with van der Waals surface area (Å²) in [5.74, 6) is 0.874. The molecule has 0 aromatic heterocycles. The largest absolute Gasteiger partial charge is 0.300 e. The summed E-state index contributed by atoms with van der Waals surface area (Å²) in [6.07, 6.45) is 4.88. The van der Waals surface area contributed by atoms with Gasteiger partial charge in [-0.1, -0.05) is 13.3 Å². The Balaban J connectivity index is 2.50. The van der Waals surface area contributed by atoms with Crippen LogP contribution in [0, 0.1) is 17.2 Å². The van der Waals surface area contributed by atoms with Crippen molar-refractivity contribution in [1.29, 1.82) is 5.26 Å². The maximum Gasteiger partial charge on any atom is 0.105 e. The molecule has 0 amide bonds. The minimum absolute atomic E-state index is 0.350. The molecule has 1 saturated heterocycles. The molecule has 0 aromatic rings. The van der Waals surface area contributed by atoms with Crippen molar-refractivity contribution in [2.45, 2.75) is 77.9 Å². The molecule has 110 valence electrons. The first kappa shape index (κ1) is 16.5. The fourth-order valence-corrected chi connectivity index (χ4v) is 3.40. The highest BCUT2D eigenvalue weighted by molar-refractivity contribution is 5.06. The Labute approximate surface area is 119 Å². The fourth-order valence-electron chi connectivity index (χ4n) is 3.40. The van der Waals surface area contributed by atoms with Crippen LogP contribution >= 0.6 is 0 Å². The predicted molar refractivity (Wildman–Crippen MR) is 81.0 cm³/mol. The molecule has 1 N–H and O–H groups in total. The molecule has 0 spiro atoms. The Morgan fingerprint density at radius 1 is 1.42 bits per heavy atom. The number of nitrogens with one attached hydrogen (secondary N) is 1. The molecule has 3 heteroatoms. The minimum atomic E-state index is -0.406. The lowest BCUT2D eigenvalue weighted by atomic mass is 9.93. The van der Waals surface area contributed by atoms with Crippen molar-refractivity contribution in [3.05, 3.63) is 0 Å². The van der Waals surface area contributed by atoms with E-state index in [0.29, 0.717) is 12.1 Å². The van der Waals surface area contributed by atoms with Crippen molar-refractivity contribution >= 4 is 0 Å². The quantitative estimate of drug-likeness (QED) is 0.768. The number of hydrogen-bond donors (Lipinski definition) is 1. The number of hydrogen-bond acceptors (Lipinski definition) is 3. The standard InChI is InChI=1S/C16H31N3/c1-6-7-15-8-9-19(11-15)14(4)10-16(5,12-17)18-13(2)3/h13-15,18H,6-11H2,1-5H3. The summed E-state index contributed by atoms with van der Waals surface area (Å²) in [7, 11) is 0. The van der Waals surface area contributed by atoms with Crippen LogP contribution in [0.4, 0.5) is 0 Å². The van der Waals surface area contributed by atoms with Crippen molar-refractivity contribution in [3.8, 4) is 6.07 Å². The van der Waals surface area contributed by atoms with Crippen molar-refractivity contribution in [2.24, 2.45) is 5.92 Å². The summed E-state index contributed by atoms with van der Waals surface area (Å²) in [5.41, 5.74) is -0.406. The van der Waals surface area contributed by atoms with Crippen LogP contribution in [0.5, 0.6) is 0 Å². The summed E-state index contributed by atoms with van der Waals surface area (Å²) in [6.45, 7) is 13.2. The van der Waals surface area contributed by atoms with Gasteiger partial charge in [0.2, 0.25) is 0 Å². The second-order valence-electron chi connectivity index (χ2n) is 6.73. The molecule has 3 nitrogen and oxygen atoms in total. The van der Waals surface area contributed by atoms with Crippen LogP contribution in [-0.4, -0.2) is 35.6 Å². The zero-order valence-electron chi connectivity index (χ0n) is 13.4. The molecule has 0 saturated carbocycles. The third kappa shape index (κ3) is 5.12. The third-order valence-corrected chi connectivity index (χ3v) is 4.20. The molecule has 0 radical (unpaired) electrons. The van der Waals surface area contributed by atoms with Gasteiger partial charge >= 0.3 is 0 Å². The summed E-state index contributed by atoms with van der Waals surface area (Å²) >= 11 is 0. The summed E-state index contributed by atoms with van der Waals surface area (Å²) in [4.78, 5) is 2.57. The Morgan fingerprint density at radius 2 is 2.11 bits per heavy atom. The lowest BCUT2D eigenvalue weighted by molar-refractivity contribution is 0.201. The molecule has 0 aliphatic carbocycles. The second kappa shape index (κ2) is 7.26. The zero-order chi connectivity index (χ0) is 14.5. The maximum atomic E-state index is 9.43. The highest BCUT2D eigenvalue weighted by atomic mass is 15.2. The van der Waals surface area contributed by atoms with Crippen molar-refractivity contribution in [2.75, 3.05) is 13.1 Å². The van der Waals surface area contributed by atoms with Gasteiger partial charge in [-0.15, -0.1) is 0 Å². The molecule has 1 aliphatic heterocycles. The molecule has 1 aliphatic rings. The van der Waals surface area contributed by atoms with Crippen LogP contribution < -0.4 is 5.32 Å². The molecule has 1 rings (SSSR count). The van der Waals surface area contributed by atoms with E-state index in [2.05, 4.69) is 44.0 Å². The third-order valence-electron chi connectivity index (χ3n) is 4.20. The van der Waals surface area contributed by atoms with Crippen molar-refractivity contribution < 1.29 is 0 Å². The summed E-state index contributed by atoms with van der Waals surface area (Å²) < 4.78 is 0. The van der Waals surface area contributed by atoms with Crippen LogP contribution in [0.1, 0.15) is 60.3 Å². The maximum absolute atomic E-state index is 9.43. The van der Waals surface area contributed by atoms with E-state index < -0.39 is 5.54 Å². The van der Waals surface area contributed by atoms with E-state index in [1.165, 1.54) is 32.4 Å². The van der Waals surface area contributed by atoms with Gasteiger partial charge in [0.25, 0.3) is 0 Å². The second-order valence-corrected chi connectivity index (χ2v) is 6.73. The first-order valence-electron chi connectivity index (χ1n) is 7.83. The van der Waals surface area contributed by atoms with Crippen LogP contribution in [0.25, 0.3) is 0 Å². The molecule has 1 heterocycles. The Kier molecular flexibility index (Phi) is 6.29. The van der Waals surface area contributed by atoms with Crippen LogP contribution in [0.2, 0.25) is 0 Å². The SMILES string of the molecule is CCCC1CCN(C(C)CC(C)(C#N)NC(C)C)C1. The first-order chi connectivity index (χ1) is 8.90. The Bertz CT molecular complexity index is 308. The zero-order valence-corrected chi connectivity index (χ0v) is 13.4. The highest BCUT2D eigenvalue weighted by Crippen LogP contribution is 2.25. The lowest BCUT2D eigenvalue weighted by Gasteiger charge is -2.33. The van der Waals surface area contributed by atoms with E-state index in [0.717, 1.165) is 12.3 Å². The molecule has 1 fully saturated rings. The monoisotopic (exact) mass is 265 g/mol. The van der Waals surface area contributed by atoms with Gasteiger partial charge in [-0.05, 0) is 59.4 Å². The van der Waals surface area contributed by atoms with E-state index in [9.17, 15) is 5.26 Å². The minimum Gasteiger partial charge on any atom is -0.300 e. The topological polar surface area (TPSA) is 39.1 Å². The van der Waals surface area contributed by atoms with E-state index in [1.54, 1.807) is 0 Å². The average Bonchev–Trinajstić information content (AvgIpc) is 2.77. The smallest absolute Gasteiger partial charge is 0.105 e. The number of rotatable bonds is 7. The number of nitriles is 1. The van der Waals surface area contributed by atoms with E-state index in [-0.39, 0.29) is 0 Å². The molecular weight excluding hydrogens is 234 g/mol. The molecule has 0 aromatic carbocycles. The average molecular weight is 265 g/mol. The molecule has 3 atom stereocenters. The van der Waals surface area contributed by atoms with Crippen LogP contribution in [0.3, 0.4) is 0 Å². The van der Waals surface area contributed by atoms with Crippen molar-refractivity contribution in [3.63, 3.8) is 0 Å². The predicted octanol–water partition coefficient (Wildman–Crippen LogP) is 3.17. The highest BCUT2D eigenvalue weighted by Gasteiger charge is 2.32. The van der Waals surface area contributed by atoms with E-state index in [1.807, 2.05) is 6.92 Å². The Hall–Kier alpha value is -0.590. The van der Waals surface area contributed by atoms with Gasteiger partial charge in [0.1, 0.15) is 5.54 Å². The molecule has 0 bridgehead atoms.